The molecule has 0 fully saturated rings. The molecule has 0 saturated carbocycles. The van der Waals surface area contributed by atoms with Crippen molar-refractivity contribution < 1.29 is 4.79 Å². The number of benzene rings is 1. The Kier molecular flexibility index (Phi) is 3.45. The molecule has 1 aromatic rings. The lowest BCUT2D eigenvalue weighted by Gasteiger charge is -2.18. The lowest BCUT2D eigenvalue weighted by molar-refractivity contribution is 0.101. The number of anilines is 1. The van der Waals surface area contributed by atoms with Crippen LogP contribution >= 0.6 is 11.8 Å². The molecule has 0 aliphatic carbocycles. The van der Waals surface area contributed by atoms with Crippen molar-refractivity contribution >= 4 is 23.2 Å². The summed E-state index contributed by atoms with van der Waals surface area (Å²) >= 11 is 1.74. The van der Waals surface area contributed by atoms with Gasteiger partial charge >= 0.3 is 0 Å². The molecular weight excluding hydrogens is 206 g/mol. The smallest absolute Gasteiger partial charge is 0.161 e. The third-order valence-electron chi connectivity index (χ3n) is 1.83. The molecule has 15 heavy (non-hydrogen) atoms. The largest absolute Gasteiger partial charge is 0.398 e. The summed E-state index contributed by atoms with van der Waals surface area (Å²) in [4.78, 5) is 12.3. The molecule has 1 aromatic carbocycles. The van der Waals surface area contributed by atoms with Gasteiger partial charge in [-0.25, -0.2) is 0 Å². The molecule has 0 aliphatic rings. The van der Waals surface area contributed by atoms with Gasteiger partial charge in [0.05, 0.1) is 0 Å². The Balaban J connectivity index is 2.97. The highest BCUT2D eigenvalue weighted by molar-refractivity contribution is 8.00. The van der Waals surface area contributed by atoms with Gasteiger partial charge in [0, 0.05) is 20.9 Å². The minimum absolute atomic E-state index is 0.0137. The van der Waals surface area contributed by atoms with Gasteiger partial charge in [-0.2, -0.15) is 0 Å². The van der Waals surface area contributed by atoms with Crippen LogP contribution < -0.4 is 5.73 Å². The first-order chi connectivity index (χ1) is 6.79. The molecule has 1 rings (SSSR count). The van der Waals surface area contributed by atoms with Crippen molar-refractivity contribution in [3.05, 3.63) is 23.8 Å². The maximum atomic E-state index is 11.2. The number of carbonyl (C=O) groups excluding carboxylic acids is 1. The van der Waals surface area contributed by atoms with Crippen LogP contribution in [0.25, 0.3) is 0 Å². The molecule has 0 unspecified atom stereocenters. The Labute approximate surface area is 95.2 Å². The van der Waals surface area contributed by atoms with E-state index in [1.165, 1.54) is 6.92 Å². The number of hydrogen-bond acceptors (Lipinski definition) is 3. The quantitative estimate of drug-likeness (QED) is 0.475. The van der Waals surface area contributed by atoms with Crippen LogP contribution in [0.2, 0.25) is 0 Å². The number of nitrogen functional groups attached to an aromatic ring is 1. The fraction of sp³-hybridized carbons (Fsp3) is 0.417. The number of hydrogen-bond donors (Lipinski definition) is 1. The molecule has 0 saturated heterocycles. The molecule has 0 spiro atoms. The molecule has 0 heterocycles. The van der Waals surface area contributed by atoms with Gasteiger partial charge in [0.25, 0.3) is 0 Å². The van der Waals surface area contributed by atoms with Crippen LogP contribution in [-0.4, -0.2) is 10.5 Å². The lowest BCUT2D eigenvalue weighted by atomic mass is 10.1. The van der Waals surface area contributed by atoms with E-state index in [0.29, 0.717) is 11.3 Å². The summed E-state index contributed by atoms with van der Waals surface area (Å²) in [6.07, 6.45) is 0. The Morgan fingerprint density at radius 1 is 1.33 bits per heavy atom. The predicted octanol–water partition coefficient (Wildman–Crippen LogP) is 3.36. The normalized spacial score (nSPS) is 11.5. The van der Waals surface area contributed by atoms with E-state index in [0.717, 1.165) is 4.90 Å². The molecule has 0 radical (unpaired) electrons. The van der Waals surface area contributed by atoms with Crippen LogP contribution in [0.5, 0.6) is 0 Å². The van der Waals surface area contributed by atoms with Crippen LogP contribution in [0.4, 0.5) is 5.69 Å². The van der Waals surface area contributed by atoms with Gasteiger partial charge in [0.15, 0.2) is 5.78 Å². The summed E-state index contributed by atoms with van der Waals surface area (Å²) in [7, 11) is 0. The summed E-state index contributed by atoms with van der Waals surface area (Å²) in [5.74, 6) is 0.0137. The summed E-state index contributed by atoms with van der Waals surface area (Å²) in [6, 6.07) is 5.61. The first-order valence-electron chi connectivity index (χ1n) is 4.89. The Morgan fingerprint density at radius 2 is 1.93 bits per heavy atom. The average molecular weight is 223 g/mol. The second kappa shape index (κ2) is 4.27. The first kappa shape index (κ1) is 12.1. The monoisotopic (exact) mass is 223 g/mol. The summed E-state index contributed by atoms with van der Waals surface area (Å²) < 4.78 is 0.157. The highest BCUT2D eigenvalue weighted by atomic mass is 32.2. The predicted molar refractivity (Wildman–Crippen MR) is 66.5 cm³/mol. The van der Waals surface area contributed by atoms with Gasteiger partial charge in [-0.15, -0.1) is 11.8 Å². The van der Waals surface area contributed by atoms with Crippen LogP contribution in [-0.2, 0) is 0 Å². The maximum absolute atomic E-state index is 11.2. The van der Waals surface area contributed by atoms with Crippen LogP contribution in [0.15, 0.2) is 23.1 Å². The third-order valence-corrected chi connectivity index (χ3v) is 2.93. The topological polar surface area (TPSA) is 43.1 Å². The van der Waals surface area contributed by atoms with E-state index in [1.54, 1.807) is 17.8 Å². The maximum Gasteiger partial charge on any atom is 0.161 e. The average Bonchev–Trinajstić information content (AvgIpc) is 1.99. The molecule has 2 N–H and O–H groups in total. The van der Waals surface area contributed by atoms with E-state index in [-0.39, 0.29) is 10.5 Å². The van der Waals surface area contributed by atoms with Crippen molar-refractivity contribution in [2.45, 2.75) is 37.3 Å². The molecule has 0 amide bonds. The Bertz CT molecular complexity index is 380. The van der Waals surface area contributed by atoms with E-state index in [9.17, 15) is 4.79 Å². The molecule has 2 nitrogen and oxygen atoms in total. The second-order valence-corrected chi connectivity index (χ2v) is 6.42. The van der Waals surface area contributed by atoms with Crippen molar-refractivity contribution in [3.63, 3.8) is 0 Å². The van der Waals surface area contributed by atoms with Crippen molar-refractivity contribution in [2.24, 2.45) is 0 Å². The van der Waals surface area contributed by atoms with Crippen LogP contribution in [0, 0.1) is 0 Å². The van der Waals surface area contributed by atoms with E-state index >= 15 is 0 Å². The summed E-state index contributed by atoms with van der Waals surface area (Å²) in [5.41, 5.74) is 6.98. The zero-order valence-corrected chi connectivity index (χ0v) is 10.4. The van der Waals surface area contributed by atoms with Gasteiger partial charge in [-0.1, -0.05) is 20.8 Å². The minimum Gasteiger partial charge on any atom is -0.398 e. The summed E-state index contributed by atoms with van der Waals surface area (Å²) in [6.45, 7) is 7.97. The number of nitrogens with two attached hydrogens (primary N) is 1. The van der Waals surface area contributed by atoms with Gasteiger partial charge in [0.1, 0.15) is 0 Å². The number of rotatable bonds is 2. The standard InChI is InChI=1S/C12H17NOS/c1-8(14)10-6-5-9(7-11(10)13)15-12(2,3)4/h5-7H,13H2,1-4H3. The molecule has 0 aliphatic heterocycles. The van der Waals surface area contributed by atoms with E-state index in [1.807, 2.05) is 12.1 Å². The van der Waals surface area contributed by atoms with Gasteiger partial charge in [0.2, 0.25) is 0 Å². The van der Waals surface area contributed by atoms with Gasteiger partial charge in [-0.3, -0.25) is 4.79 Å². The SMILES string of the molecule is CC(=O)c1ccc(SC(C)(C)C)cc1N. The van der Waals surface area contributed by atoms with Crippen molar-refractivity contribution in [3.8, 4) is 0 Å². The molecule has 0 atom stereocenters. The zero-order chi connectivity index (χ0) is 11.6. The fourth-order valence-electron chi connectivity index (χ4n) is 1.28. The molecule has 0 bridgehead atoms. The Morgan fingerprint density at radius 3 is 2.33 bits per heavy atom. The van der Waals surface area contributed by atoms with E-state index in [4.69, 9.17) is 5.73 Å². The first-order valence-corrected chi connectivity index (χ1v) is 5.71. The van der Waals surface area contributed by atoms with E-state index in [2.05, 4.69) is 20.8 Å². The highest BCUT2D eigenvalue weighted by Crippen LogP contribution is 2.33. The number of carbonyl (C=O) groups is 1. The molecule has 82 valence electrons. The molecule has 3 heteroatoms. The number of Topliss-reactive ketones (excluding diaryl/α,β-unsaturated/α-hetero) is 1. The van der Waals surface area contributed by atoms with Crippen molar-refractivity contribution in [1.29, 1.82) is 0 Å². The fourth-order valence-corrected chi connectivity index (χ4v) is 2.31. The second-order valence-electron chi connectivity index (χ2n) is 4.52. The lowest BCUT2D eigenvalue weighted by Crippen LogP contribution is -2.07. The third kappa shape index (κ3) is 3.59. The zero-order valence-electron chi connectivity index (χ0n) is 9.63. The summed E-state index contributed by atoms with van der Waals surface area (Å²) in [5, 5.41) is 0. The van der Waals surface area contributed by atoms with Crippen molar-refractivity contribution in [2.75, 3.05) is 5.73 Å². The van der Waals surface area contributed by atoms with Crippen molar-refractivity contribution in [1.82, 2.24) is 0 Å². The Hall–Kier alpha value is -0.960. The minimum atomic E-state index is 0.0137. The number of thioether (sulfide) groups is 1. The van der Waals surface area contributed by atoms with Gasteiger partial charge in [-0.05, 0) is 25.1 Å². The highest BCUT2D eigenvalue weighted by Gasteiger charge is 2.13. The number of ketones is 1. The van der Waals surface area contributed by atoms with Gasteiger partial charge < -0.3 is 5.73 Å². The molecular formula is C12H17NOS. The van der Waals surface area contributed by atoms with Crippen LogP contribution in [0.1, 0.15) is 38.1 Å². The molecule has 0 aromatic heterocycles. The van der Waals surface area contributed by atoms with Crippen LogP contribution in [0.3, 0.4) is 0 Å². The van der Waals surface area contributed by atoms with E-state index < -0.39 is 0 Å².